The molecule has 0 heterocycles. The van der Waals surface area contributed by atoms with Crippen LogP contribution < -0.4 is 4.74 Å². The van der Waals surface area contributed by atoms with Crippen LogP contribution in [0.2, 0.25) is 0 Å². The van der Waals surface area contributed by atoms with Crippen LogP contribution >= 0.6 is 0 Å². The van der Waals surface area contributed by atoms with Crippen LogP contribution in [-0.4, -0.2) is 24.8 Å². The normalized spacial score (nSPS) is 10.9. The van der Waals surface area contributed by atoms with Gasteiger partial charge in [0.2, 0.25) is 5.78 Å². The number of benzene rings is 2. The average molecular weight is 328 g/mol. The Hall–Kier alpha value is -3.20. The fraction of sp³-hybridized carbons (Fsp3) is 0.111. The van der Waals surface area contributed by atoms with Crippen molar-refractivity contribution in [3.05, 3.63) is 77.2 Å². The molecule has 24 heavy (non-hydrogen) atoms. The number of Topliss-reactive ketones (excluding diaryl/α,β-unsaturated/α-hetero) is 1. The van der Waals surface area contributed by atoms with E-state index in [1.54, 1.807) is 19.0 Å². The molecule has 0 aliphatic carbocycles. The summed E-state index contributed by atoms with van der Waals surface area (Å²) in [6, 6.07) is 10.4. The minimum Gasteiger partial charge on any atom is -0.449 e. The van der Waals surface area contributed by atoms with Crippen molar-refractivity contribution in [2.75, 3.05) is 14.1 Å². The van der Waals surface area contributed by atoms with Crippen LogP contribution in [-0.2, 0) is 0 Å². The lowest BCUT2D eigenvalue weighted by Gasteiger charge is -2.13. The summed E-state index contributed by atoms with van der Waals surface area (Å²) < 4.78 is 32.3. The molecule has 4 nitrogen and oxygen atoms in total. The SMILES string of the molecule is CN(C)/C=C(/Oc1cc(C#N)ccc1F)C(=O)c1ccc(F)cc1. The fourth-order valence-electron chi connectivity index (χ4n) is 1.88. The van der Waals surface area contributed by atoms with Gasteiger partial charge in [0, 0.05) is 31.9 Å². The van der Waals surface area contributed by atoms with Crippen LogP contribution in [0.25, 0.3) is 0 Å². The van der Waals surface area contributed by atoms with E-state index in [1.165, 1.54) is 30.5 Å². The van der Waals surface area contributed by atoms with Gasteiger partial charge < -0.3 is 9.64 Å². The Morgan fingerprint density at radius 1 is 1.17 bits per heavy atom. The van der Waals surface area contributed by atoms with Crippen molar-refractivity contribution in [1.29, 1.82) is 5.26 Å². The highest BCUT2D eigenvalue weighted by molar-refractivity contribution is 6.07. The second-order valence-electron chi connectivity index (χ2n) is 5.15. The molecule has 0 fully saturated rings. The lowest BCUT2D eigenvalue weighted by Crippen LogP contribution is -2.15. The number of carbonyl (C=O) groups is 1. The van der Waals surface area contributed by atoms with Gasteiger partial charge in [0.15, 0.2) is 17.3 Å². The number of carbonyl (C=O) groups excluding carboxylic acids is 1. The molecule has 0 saturated carbocycles. The lowest BCUT2D eigenvalue weighted by atomic mass is 10.1. The summed E-state index contributed by atoms with van der Waals surface area (Å²) in [5.41, 5.74) is 0.395. The highest BCUT2D eigenvalue weighted by Crippen LogP contribution is 2.22. The minimum atomic E-state index is -0.703. The Morgan fingerprint density at radius 3 is 2.42 bits per heavy atom. The van der Waals surface area contributed by atoms with Crippen LogP contribution in [0.1, 0.15) is 15.9 Å². The maximum Gasteiger partial charge on any atom is 0.229 e. The predicted octanol–water partition coefficient (Wildman–Crippen LogP) is 3.50. The number of allylic oxidation sites excluding steroid dienone is 1. The van der Waals surface area contributed by atoms with Crippen LogP contribution in [0.5, 0.6) is 5.75 Å². The number of rotatable bonds is 5. The number of hydrogen-bond donors (Lipinski definition) is 0. The molecule has 0 unspecified atom stereocenters. The van der Waals surface area contributed by atoms with E-state index in [2.05, 4.69) is 0 Å². The van der Waals surface area contributed by atoms with Gasteiger partial charge in [-0.3, -0.25) is 4.79 Å². The number of hydrogen-bond acceptors (Lipinski definition) is 4. The van der Waals surface area contributed by atoms with Gasteiger partial charge in [0.25, 0.3) is 0 Å². The number of nitriles is 1. The van der Waals surface area contributed by atoms with Crippen molar-refractivity contribution in [3.8, 4) is 11.8 Å². The first-order valence-electron chi connectivity index (χ1n) is 6.96. The molecule has 0 saturated heterocycles. The highest BCUT2D eigenvalue weighted by Gasteiger charge is 2.18. The molecule has 0 N–H and O–H groups in total. The van der Waals surface area contributed by atoms with E-state index in [1.807, 2.05) is 6.07 Å². The van der Waals surface area contributed by atoms with E-state index in [-0.39, 0.29) is 22.6 Å². The Bertz CT molecular complexity index is 822. The smallest absolute Gasteiger partial charge is 0.229 e. The van der Waals surface area contributed by atoms with Gasteiger partial charge in [0.05, 0.1) is 11.6 Å². The summed E-state index contributed by atoms with van der Waals surface area (Å²) in [7, 11) is 3.34. The summed E-state index contributed by atoms with van der Waals surface area (Å²) in [6.07, 6.45) is 1.38. The molecule has 2 aromatic rings. The van der Waals surface area contributed by atoms with Crippen molar-refractivity contribution in [2.24, 2.45) is 0 Å². The molecule has 0 spiro atoms. The maximum atomic E-state index is 13.9. The molecule has 0 aliphatic heterocycles. The summed E-state index contributed by atoms with van der Waals surface area (Å²) in [4.78, 5) is 14.1. The Balaban J connectivity index is 2.38. The summed E-state index contributed by atoms with van der Waals surface area (Å²) in [5.74, 6) is -2.10. The number of ether oxygens (including phenoxy) is 1. The van der Waals surface area contributed by atoms with Crippen molar-refractivity contribution in [2.45, 2.75) is 0 Å². The summed E-state index contributed by atoms with van der Waals surface area (Å²) >= 11 is 0. The van der Waals surface area contributed by atoms with Crippen LogP contribution in [0, 0.1) is 23.0 Å². The molecule has 2 rings (SSSR count). The molecule has 0 radical (unpaired) electrons. The monoisotopic (exact) mass is 328 g/mol. The van der Waals surface area contributed by atoms with Crippen molar-refractivity contribution < 1.29 is 18.3 Å². The van der Waals surface area contributed by atoms with Gasteiger partial charge in [-0.15, -0.1) is 0 Å². The third-order valence-corrected chi connectivity index (χ3v) is 2.99. The topological polar surface area (TPSA) is 53.3 Å². The molecule has 0 aliphatic rings. The fourth-order valence-corrected chi connectivity index (χ4v) is 1.88. The lowest BCUT2D eigenvalue weighted by molar-refractivity contribution is 0.0981. The van der Waals surface area contributed by atoms with Crippen molar-refractivity contribution in [3.63, 3.8) is 0 Å². The Kier molecular flexibility index (Phi) is 5.27. The molecule has 0 bridgehead atoms. The van der Waals surface area contributed by atoms with Gasteiger partial charge in [-0.25, -0.2) is 8.78 Å². The van der Waals surface area contributed by atoms with Gasteiger partial charge in [-0.2, -0.15) is 5.26 Å². The minimum absolute atomic E-state index is 0.152. The highest BCUT2D eigenvalue weighted by atomic mass is 19.1. The van der Waals surface area contributed by atoms with Crippen molar-refractivity contribution >= 4 is 5.78 Å². The molecule has 0 amide bonds. The van der Waals surface area contributed by atoms with Crippen molar-refractivity contribution in [1.82, 2.24) is 4.90 Å². The first kappa shape index (κ1) is 17.2. The van der Waals surface area contributed by atoms with E-state index in [4.69, 9.17) is 10.00 Å². The maximum absolute atomic E-state index is 13.9. The van der Waals surface area contributed by atoms with E-state index >= 15 is 0 Å². The molecular weight excluding hydrogens is 314 g/mol. The Labute approximate surface area is 138 Å². The van der Waals surface area contributed by atoms with Crippen LogP contribution in [0.3, 0.4) is 0 Å². The van der Waals surface area contributed by atoms with Gasteiger partial charge in [-0.1, -0.05) is 0 Å². The number of ketones is 1. The quantitative estimate of drug-likeness (QED) is 0.479. The standard InChI is InChI=1S/C18H14F2N2O2/c1-22(2)11-17(18(23)13-4-6-14(19)7-5-13)24-16-9-12(10-21)3-8-15(16)20/h3-9,11H,1-2H3/b17-11+. The number of nitrogens with zero attached hydrogens (tertiary/aromatic N) is 2. The molecule has 0 atom stereocenters. The van der Waals surface area contributed by atoms with E-state index in [0.29, 0.717) is 0 Å². The third kappa shape index (κ3) is 4.17. The third-order valence-electron chi connectivity index (χ3n) is 2.99. The van der Waals surface area contributed by atoms with Gasteiger partial charge in [-0.05, 0) is 36.4 Å². The first-order valence-corrected chi connectivity index (χ1v) is 6.96. The average Bonchev–Trinajstić information content (AvgIpc) is 2.55. The van der Waals surface area contributed by atoms with E-state index in [0.717, 1.165) is 18.2 Å². The largest absolute Gasteiger partial charge is 0.449 e. The predicted molar refractivity (Wildman–Crippen MR) is 84.2 cm³/mol. The Morgan fingerprint density at radius 2 is 1.83 bits per heavy atom. The zero-order chi connectivity index (χ0) is 17.7. The molecule has 122 valence electrons. The second-order valence-corrected chi connectivity index (χ2v) is 5.15. The molecule has 6 heteroatoms. The molecule has 2 aromatic carbocycles. The molecular formula is C18H14F2N2O2. The zero-order valence-corrected chi connectivity index (χ0v) is 13.1. The summed E-state index contributed by atoms with van der Waals surface area (Å²) in [6.45, 7) is 0. The van der Waals surface area contributed by atoms with E-state index in [9.17, 15) is 13.6 Å². The number of halogens is 2. The van der Waals surface area contributed by atoms with Crippen LogP contribution in [0.4, 0.5) is 8.78 Å². The van der Waals surface area contributed by atoms with Gasteiger partial charge >= 0.3 is 0 Å². The molecule has 0 aromatic heterocycles. The van der Waals surface area contributed by atoms with Crippen LogP contribution in [0.15, 0.2) is 54.4 Å². The summed E-state index contributed by atoms with van der Waals surface area (Å²) in [5, 5.41) is 8.89. The first-order chi connectivity index (χ1) is 11.4. The van der Waals surface area contributed by atoms with E-state index < -0.39 is 17.4 Å². The van der Waals surface area contributed by atoms with Gasteiger partial charge in [0.1, 0.15) is 5.82 Å². The zero-order valence-electron chi connectivity index (χ0n) is 13.1. The second kappa shape index (κ2) is 7.38.